The Morgan fingerprint density at radius 2 is 1.84 bits per heavy atom. The minimum atomic E-state index is -3.45. The van der Waals surface area contributed by atoms with E-state index in [0.29, 0.717) is 19.4 Å². The van der Waals surface area contributed by atoms with Crippen molar-refractivity contribution in [2.45, 2.75) is 43.9 Å². The minimum Gasteiger partial charge on any atom is -0.338 e. The molecule has 1 saturated heterocycles. The topological polar surface area (TPSA) is 66.5 Å². The van der Waals surface area contributed by atoms with Crippen LogP contribution in [0.5, 0.6) is 0 Å². The van der Waals surface area contributed by atoms with Crippen molar-refractivity contribution in [3.8, 4) is 11.1 Å². The molecule has 172 valence electrons. The SMILES string of the molecule is CCC(NS(C)(=O)=O)[C@@H]1CCN1C(=O)[C@@H]1C[C@@]1(F)c1ccccc1-c1c(F)cccc1F. The number of sulfonamides is 1. The molecule has 1 heterocycles. The Balaban J connectivity index is 1.59. The molecule has 2 fully saturated rings. The van der Waals surface area contributed by atoms with E-state index in [9.17, 15) is 22.0 Å². The van der Waals surface area contributed by atoms with Crippen LogP contribution in [0.1, 0.15) is 31.7 Å². The van der Waals surface area contributed by atoms with E-state index in [4.69, 9.17) is 0 Å². The Morgan fingerprint density at radius 3 is 2.41 bits per heavy atom. The first-order valence-electron chi connectivity index (χ1n) is 10.6. The van der Waals surface area contributed by atoms with Crippen LogP contribution in [0.15, 0.2) is 42.5 Å². The van der Waals surface area contributed by atoms with E-state index in [0.717, 1.165) is 18.4 Å². The van der Waals surface area contributed by atoms with Crippen molar-refractivity contribution in [1.29, 1.82) is 0 Å². The van der Waals surface area contributed by atoms with Gasteiger partial charge in [-0.3, -0.25) is 4.79 Å². The monoisotopic (exact) mass is 466 g/mol. The van der Waals surface area contributed by atoms with E-state index in [2.05, 4.69) is 4.72 Å². The van der Waals surface area contributed by atoms with Crippen LogP contribution in [0.3, 0.4) is 0 Å². The molecule has 5 nitrogen and oxygen atoms in total. The molecule has 1 N–H and O–H groups in total. The zero-order valence-corrected chi connectivity index (χ0v) is 18.6. The highest BCUT2D eigenvalue weighted by atomic mass is 32.2. The lowest BCUT2D eigenvalue weighted by atomic mass is 9.91. The van der Waals surface area contributed by atoms with Gasteiger partial charge in [-0.1, -0.05) is 37.3 Å². The van der Waals surface area contributed by atoms with Crippen molar-refractivity contribution >= 4 is 15.9 Å². The van der Waals surface area contributed by atoms with E-state index in [1.165, 1.54) is 23.1 Å². The van der Waals surface area contributed by atoms with Gasteiger partial charge in [0.05, 0.1) is 17.7 Å². The number of carbonyl (C=O) groups excluding carboxylic acids is 1. The number of carbonyl (C=O) groups is 1. The summed E-state index contributed by atoms with van der Waals surface area (Å²) in [4.78, 5) is 14.6. The largest absolute Gasteiger partial charge is 0.338 e. The Morgan fingerprint density at radius 1 is 1.19 bits per heavy atom. The van der Waals surface area contributed by atoms with Crippen LogP contribution >= 0.6 is 0 Å². The van der Waals surface area contributed by atoms with Gasteiger partial charge in [0.25, 0.3) is 0 Å². The summed E-state index contributed by atoms with van der Waals surface area (Å²) in [6, 6.07) is 8.73. The summed E-state index contributed by atoms with van der Waals surface area (Å²) in [6.45, 7) is 2.24. The predicted octanol–water partition coefficient (Wildman–Crippen LogP) is 3.75. The van der Waals surface area contributed by atoms with Gasteiger partial charge in [0.2, 0.25) is 15.9 Å². The molecule has 1 saturated carbocycles. The van der Waals surface area contributed by atoms with Crippen LogP contribution in [0.2, 0.25) is 0 Å². The van der Waals surface area contributed by atoms with E-state index in [1.807, 2.05) is 6.92 Å². The molecule has 1 amide bonds. The molecule has 4 rings (SSSR count). The second-order valence-corrected chi connectivity index (χ2v) is 10.3. The maximum Gasteiger partial charge on any atom is 0.229 e. The van der Waals surface area contributed by atoms with Gasteiger partial charge in [-0.15, -0.1) is 0 Å². The highest BCUT2D eigenvalue weighted by molar-refractivity contribution is 7.88. The first kappa shape index (κ1) is 22.8. The van der Waals surface area contributed by atoms with Crippen molar-refractivity contribution in [2.75, 3.05) is 12.8 Å². The number of hydrogen-bond donors (Lipinski definition) is 1. The molecule has 0 radical (unpaired) electrons. The molecule has 9 heteroatoms. The molecule has 2 aromatic rings. The van der Waals surface area contributed by atoms with E-state index in [1.54, 1.807) is 12.1 Å². The Labute approximate surface area is 185 Å². The van der Waals surface area contributed by atoms with Crippen molar-refractivity contribution in [3.05, 3.63) is 59.7 Å². The third-order valence-electron chi connectivity index (χ3n) is 6.42. The summed E-state index contributed by atoms with van der Waals surface area (Å²) in [5.41, 5.74) is -2.18. The molecule has 1 aliphatic carbocycles. The van der Waals surface area contributed by atoms with Gasteiger partial charge in [-0.25, -0.2) is 26.3 Å². The number of amides is 1. The zero-order chi connectivity index (χ0) is 23.3. The molecule has 32 heavy (non-hydrogen) atoms. The van der Waals surface area contributed by atoms with Gasteiger partial charge in [-0.05, 0) is 36.1 Å². The number of hydrogen-bond acceptors (Lipinski definition) is 3. The van der Waals surface area contributed by atoms with Gasteiger partial charge >= 0.3 is 0 Å². The summed E-state index contributed by atoms with van der Waals surface area (Å²) in [7, 11) is -3.45. The van der Waals surface area contributed by atoms with Gasteiger partial charge in [-0.2, -0.15) is 0 Å². The predicted molar refractivity (Wildman–Crippen MR) is 115 cm³/mol. The van der Waals surface area contributed by atoms with E-state index >= 15 is 4.39 Å². The molecular weight excluding hydrogens is 441 g/mol. The van der Waals surface area contributed by atoms with Crippen LogP contribution in [-0.4, -0.2) is 44.1 Å². The van der Waals surface area contributed by atoms with Crippen LogP contribution in [0.4, 0.5) is 13.2 Å². The van der Waals surface area contributed by atoms with Crippen LogP contribution in [0, 0.1) is 17.6 Å². The molecule has 1 unspecified atom stereocenters. The third kappa shape index (κ3) is 4.03. The summed E-state index contributed by atoms with van der Waals surface area (Å²) in [5.74, 6) is -2.98. The summed E-state index contributed by atoms with van der Waals surface area (Å²) in [6.07, 6.45) is 2.09. The molecule has 2 aromatic carbocycles. The van der Waals surface area contributed by atoms with Crippen molar-refractivity contribution in [3.63, 3.8) is 0 Å². The maximum absolute atomic E-state index is 16.0. The number of benzene rings is 2. The van der Waals surface area contributed by atoms with Crippen molar-refractivity contribution in [1.82, 2.24) is 9.62 Å². The zero-order valence-electron chi connectivity index (χ0n) is 17.8. The third-order valence-corrected chi connectivity index (χ3v) is 7.15. The van der Waals surface area contributed by atoms with Crippen LogP contribution in [0.25, 0.3) is 11.1 Å². The molecule has 1 aliphatic heterocycles. The number of nitrogens with one attached hydrogen (secondary N) is 1. The molecule has 4 atom stereocenters. The van der Waals surface area contributed by atoms with Gasteiger partial charge in [0.1, 0.15) is 17.3 Å². The smallest absolute Gasteiger partial charge is 0.229 e. The lowest BCUT2D eigenvalue weighted by Crippen LogP contribution is -2.61. The van der Waals surface area contributed by atoms with Crippen LogP contribution < -0.4 is 4.72 Å². The van der Waals surface area contributed by atoms with Crippen LogP contribution in [-0.2, 0) is 20.5 Å². The summed E-state index contributed by atoms with van der Waals surface area (Å²) < 4.78 is 70.6. The second-order valence-electron chi connectivity index (χ2n) is 8.55. The number of likely N-dealkylation sites (tertiary alicyclic amines) is 1. The lowest BCUT2D eigenvalue weighted by molar-refractivity contribution is -0.142. The Kier molecular flexibility index (Phi) is 5.83. The fraction of sp³-hybridized carbons (Fsp3) is 0.435. The fourth-order valence-electron chi connectivity index (χ4n) is 4.65. The first-order valence-corrected chi connectivity index (χ1v) is 12.5. The second kappa shape index (κ2) is 8.19. The summed E-state index contributed by atoms with van der Waals surface area (Å²) >= 11 is 0. The van der Waals surface area contributed by atoms with Crippen molar-refractivity contribution < 1.29 is 26.4 Å². The average molecular weight is 467 g/mol. The van der Waals surface area contributed by atoms with E-state index < -0.39 is 45.2 Å². The number of halogens is 3. The van der Waals surface area contributed by atoms with Gasteiger partial charge < -0.3 is 4.90 Å². The Hall–Kier alpha value is -2.39. The first-order chi connectivity index (χ1) is 15.1. The fourth-order valence-corrected chi connectivity index (χ4v) is 5.52. The number of rotatable bonds is 7. The molecule has 0 aromatic heterocycles. The molecular formula is C23H25F3N2O3S. The minimum absolute atomic E-state index is 0.0840. The number of alkyl halides is 1. The highest BCUT2D eigenvalue weighted by Crippen LogP contribution is 2.59. The molecule has 0 bridgehead atoms. The normalized spacial score (nSPS) is 25.8. The van der Waals surface area contributed by atoms with E-state index in [-0.39, 0.29) is 29.2 Å². The molecule has 2 aliphatic rings. The number of nitrogens with zero attached hydrogens (tertiary/aromatic N) is 1. The quantitative estimate of drug-likeness (QED) is 0.676. The lowest BCUT2D eigenvalue weighted by Gasteiger charge is -2.45. The maximum atomic E-state index is 16.0. The van der Waals surface area contributed by atoms with Gasteiger partial charge in [0.15, 0.2) is 0 Å². The summed E-state index contributed by atoms with van der Waals surface area (Å²) in [5, 5.41) is 0. The van der Waals surface area contributed by atoms with Gasteiger partial charge in [0, 0.05) is 25.0 Å². The standard InChI is InChI=1S/C23H25F3N2O3S/c1-3-19(27-32(2,30)31)20-11-12-28(20)22(29)16-13-23(16,26)15-8-5-4-7-14(15)21-17(24)9-6-10-18(21)25/h4-10,16,19-20,27H,3,11-13H2,1-2H3/t16-,19?,20-,23+/m0/s1. The molecule has 0 spiro atoms. The van der Waals surface area contributed by atoms with Crippen molar-refractivity contribution in [2.24, 2.45) is 5.92 Å². The average Bonchev–Trinajstić information content (AvgIpc) is 3.38. The highest BCUT2D eigenvalue weighted by Gasteiger charge is 2.63. The Bertz CT molecular complexity index is 1140.